The first kappa shape index (κ1) is 21.4. The fourth-order valence-electron chi connectivity index (χ4n) is 2.15. The molecule has 0 unspecified atom stereocenters. The molecule has 22 heavy (non-hydrogen) atoms. The van der Waals surface area contributed by atoms with Crippen LogP contribution in [0.1, 0.15) is 53.4 Å². The Morgan fingerprint density at radius 1 is 0.818 bits per heavy atom. The van der Waals surface area contributed by atoms with Gasteiger partial charge in [0.25, 0.3) is 0 Å². The van der Waals surface area contributed by atoms with E-state index in [-0.39, 0.29) is 6.03 Å². The van der Waals surface area contributed by atoms with E-state index in [2.05, 4.69) is 17.6 Å². The second-order valence-electron chi connectivity index (χ2n) is 4.98. The number of urea groups is 1. The maximum absolute atomic E-state index is 11.6. The lowest BCUT2D eigenvalue weighted by atomic mass is 10.2. The van der Waals surface area contributed by atoms with Gasteiger partial charge in [0.1, 0.15) is 0 Å². The number of carbonyl (C=O) groups is 1. The fraction of sp³-hybridized carbons (Fsp3) is 0.933. The summed E-state index contributed by atoms with van der Waals surface area (Å²) >= 11 is 0. The van der Waals surface area contributed by atoms with Gasteiger partial charge in [0, 0.05) is 39.0 Å². The van der Waals surface area contributed by atoms with Crippen molar-refractivity contribution in [2.24, 2.45) is 0 Å². The van der Waals surface area contributed by atoms with E-state index in [0.717, 1.165) is 38.3 Å². The molecule has 2 amide bonds. The Morgan fingerprint density at radius 3 is 1.77 bits per heavy atom. The van der Waals surface area contributed by atoms with Crippen molar-refractivity contribution in [3.63, 3.8) is 0 Å². The maximum Gasteiger partial charge on any atom is 0.500 e. The van der Waals surface area contributed by atoms with E-state index in [9.17, 15) is 4.79 Å². The monoisotopic (exact) mass is 334 g/mol. The predicted octanol–water partition coefficient (Wildman–Crippen LogP) is 2.91. The number of unbranched alkanes of at least 4 members (excludes halogenated alkanes) is 2. The first-order valence-corrected chi connectivity index (χ1v) is 10.5. The molecule has 0 aromatic carbocycles. The van der Waals surface area contributed by atoms with E-state index < -0.39 is 8.80 Å². The Balaban J connectivity index is 3.98. The third-order valence-corrected chi connectivity index (χ3v) is 6.26. The summed E-state index contributed by atoms with van der Waals surface area (Å²) in [5.41, 5.74) is 0. The summed E-state index contributed by atoms with van der Waals surface area (Å²) in [4.78, 5) is 11.6. The second kappa shape index (κ2) is 14.0. The average molecular weight is 335 g/mol. The van der Waals surface area contributed by atoms with E-state index in [4.69, 9.17) is 13.3 Å². The molecule has 0 aromatic heterocycles. The summed E-state index contributed by atoms with van der Waals surface area (Å²) in [6.07, 6.45) is 4.11. The van der Waals surface area contributed by atoms with Gasteiger partial charge in [-0.1, -0.05) is 19.8 Å². The van der Waals surface area contributed by atoms with Crippen LogP contribution in [0.25, 0.3) is 0 Å². The van der Waals surface area contributed by atoms with Crippen molar-refractivity contribution >= 4 is 14.8 Å². The standard InChI is InChI=1S/C15H34N2O4Si/c1-5-9-10-12-16-15(18)17-13-11-14-22(19-6-2,20-7-3)21-8-4/h5-14H2,1-4H3,(H2,16,17,18). The molecule has 0 rings (SSSR count). The number of amides is 2. The van der Waals surface area contributed by atoms with Crippen LogP contribution in [0, 0.1) is 0 Å². The molecule has 0 spiro atoms. The highest BCUT2D eigenvalue weighted by Gasteiger charge is 2.39. The van der Waals surface area contributed by atoms with Gasteiger partial charge in [-0.05, 0) is 33.6 Å². The van der Waals surface area contributed by atoms with Gasteiger partial charge in [-0.25, -0.2) is 4.79 Å². The molecule has 2 N–H and O–H groups in total. The Morgan fingerprint density at radius 2 is 1.32 bits per heavy atom. The van der Waals surface area contributed by atoms with Crippen molar-refractivity contribution in [1.29, 1.82) is 0 Å². The Bertz CT molecular complexity index is 263. The third kappa shape index (κ3) is 10.2. The first-order valence-electron chi connectivity index (χ1n) is 8.57. The van der Waals surface area contributed by atoms with Gasteiger partial charge in [0.15, 0.2) is 0 Å². The summed E-state index contributed by atoms with van der Waals surface area (Å²) in [6, 6.07) is 0.617. The van der Waals surface area contributed by atoms with E-state index in [1.165, 1.54) is 0 Å². The minimum absolute atomic E-state index is 0.104. The van der Waals surface area contributed by atoms with Gasteiger partial charge in [0.05, 0.1) is 0 Å². The molecule has 0 aliphatic heterocycles. The molecule has 0 saturated carbocycles. The molecular formula is C15H34N2O4Si. The largest absolute Gasteiger partial charge is 0.500 e. The number of rotatable bonds is 14. The van der Waals surface area contributed by atoms with E-state index in [1.54, 1.807) is 0 Å². The number of nitrogens with one attached hydrogen (secondary N) is 2. The second-order valence-corrected chi connectivity index (χ2v) is 7.71. The Kier molecular flexibility index (Phi) is 13.6. The molecule has 0 heterocycles. The van der Waals surface area contributed by atoms with Crippen LogP contribution < -0.4 is 10.6 Å². The smallest absolute Gasteiger partial charge is 0.374 e. The van der Waals surface area contributed by atoms with E-state index in [0.29, 0.717) is 26.4 Å². The number of carbonyl (C=O) groups excluding carboxylic acids is 1. The van der Waals surface area contributed by atoms with E-state index in [1.807, 2.05) is 20.8 Å². The lowest BCUT2D eigenvalue weighted by molar-refractivity contribution is 0.0708. The quantitative estimate of drug-likeness (QED) is 0.378. The normalized spacial score (nSPS) is 11.5. The van der Waals surface area contributed by atoms with Gasteiger partial charge in [0.2, 0.25) is 0 Å². The average Bonchev–Trinajstić information content (AvgIpc) is 2.49. The van der Waals surface area contributed by atoms with Crippen LogP contribution >= 0.6 is 0 Å². The van der Waals surface area contributed by atoms with Crippen molar-refractivity contribution < 1.29 is 18.1 Å². The van der Waals surface area contributed by atoms with Crippen LogP contribution in [-0.4, -0.2) is 47.7 Å². The van der Waals surface area contributed by atoms with Crippen LogP contribution in [0.3, 0.4) is 0 Å². The van der Waals surface area contributed by atoms with Gasteiger partial charge in [-0.2, -0.15) is 0 Å². The van der Waals surface area contributed by atoms with Crippen molar-refractivity contribution in [1.82, 2.24) is 10.6 Å². The molecule has 0 aliphatic carbocycles. The summed E-state index contributed by atoms with van der Waals surface area (Å²) in [5, 5.41) is 5.72. The molecule has 0 fully saturated rings. The maximum atomic E-state index is 11.6. The lowest BCUT2D eigenvalue weighted by Crippen LogP contribution is -2.46. The van der Waals surface area contributed by atoms with Crippen LogP contribution in [-0.2, 0) is 13.3 Å². The van der Waals surface area contributed by atoms with Gasteiger partial charge >= 0.3 is 14.8 Å². The third-order valence-electron chi connectivity index (χ3n) is 3.10. The zero-order valence-corrected chi connectivity index (χ0v) is 15.7. The minimum Gasteiger partial charge on any atom is -0.374 e. The van der Waals surface area contributed by atoms with Gasteiger partial charge in [-0.3, -0.25) is 0 Å². The van der Waals surface area contributed by atoms with Crippen LogP contribution in [0.5, 0.6) is 0 Å². The SMILES string of the molecule is CCCCCNC(=O)NCCC[Si](OCC)(OCC)OCC. The van der Waals surface area contributed by atoms with Gasteiger partial charge in [-0.15, -0.1) is 0 Å². The van der Waals surface area contributed by atoms with Crippen LogP contribution in [0.2, 0.25) is 6.04 Å². The summed E-state index contributed by atoms with van der Waals surface area (Å²) in [7, 11) is -2.58. The fourth-order valence-corrected chi connectivity index (χ4v) is 4.76. The molecule has 0 atom stereocenters. The highest BCUT2D eigenvalue weighted by Crippen LogP contribution is 2.17. The van der Waals surface area contributed by atoms with Crippen LogP contribution in [0.4, 0.5) is 4.79 Å². The lowest BCUT2D eigenvalue weighted by Gasteiger charge is -2.28. The molecule has 0 aliphatic rings. The molecule has 0 saturated heterocycles. The zero-order chi connectivity index (χ0) is 16.7. The predicted molar refractivity (Wildman–Crippen MR) is 91.0 cm³/mol. The molecule has 7 heteroatoms. The summed E-state index contributed by atoms with van der Waals surface area (Å²) in [5.74, 6) is 0. The van der Waals surface area contributed by atoms with Crippen LogP contribution in [0.15, 0.2) is 0 Å². The van der Waals surface area contributed by atoms with Gasteiger partial charge < -0.3 is 23.9 Å². The molecule has 132 valence electrons. The topological polar surface area (TPSA) is 68.8 Å². The number of hydrogen-bond donors (Lipinski definition) is 2. The molecule has 0 aromatic rings. The van der Waals surface area contributed by atoms with Crippen molar-refractivity contribution in [3.8, 4) is 0 Å². The minimum atomic E-state index is -2.58. The van der Waals surface area contributed by atoms with E-state index >= 15 is 0 Å². The molecule has 0 bridgehead atoms. The highest BCUT2D eigenvalue weighted by molar-refractivity contribution is 6.60. The molecule has 6 nitrogen and oxygen atoms in total. The Labute approximate surface area is 136 Å². The summed E-state index contributed by atoms with van der Waals surface area (Å²) < 4.78 is 17.3. The first-order chi connectivity index (χ1) is 10.6. The number of hydrogen-bond acceptors (Lipinski definition) is 4. The highest BCUT2D eigenvalue weighted by atomic mass is 28.4. The molecule has 0 radical (unpaired) electrons. The van der Waals surface area contributed by atoms with Crippen molar-refractivity contribution in [2.45, 2.75) is 59.4 Å². The molecular weight excluding hydrogens is 300 g/mol. The summed E-state index contributed by atoms with van der Waals surface area (Å²) in [6.45, 7) is 11.1. The van der Waals surface area contributed by atoms with Crippen molar-refractivity contribution in [2.75, 3.05) is 32.9 Å². The zero-order valence-electron chi connectivity index (χ0n) is 14.7. The van der Waals surface area contributed by atoms with Crippen molar-refractivity contribution in [3.05, 3.63) is 0 Å². The Hall–Kier alpha value is -0.633.